The van der Waals surface area contributed by atoms with Gasteiger partial charge in [-0.2, -0.15) is 5.26 Å². The summed E-state index contributed by atoms with van der Waals surface area (Å²) in [6.45, 7) is 2.82. The number of rotatable bonds is 8. The first-order valence-electron chi connectivity index (χ1n) is 9.07. The lowest BCUT2D eigenvalue weighted by atomic mass is 9.75. The average molecular weight is 317 g/mol. The molecule has 1 aromatic rings. The molecule has 2 nitrogen and oxygen atoms in total. The van der Waals surface area contributed by atoms with E-state index in [1.54, 1.807) is 12.1 Å². The molecule has 0 saturated heterocycles. The number of hydrogen-bond donors (Lipinski definition) is 0. The highest BCUT2D eigenvalue weighted by atomic mass is 19.1. The first kappa shape index (κ1) is 17.8. The van der Waals surface area contributed by atoms with Gasteiger partial charge in [0.15, 0.2) is 11.6 Å². The summed E-state index contributed by atoms with van der Waals surface area (Å²) in [6, 6.07) is 6.32. The minimum absolute atomic E-state index is 0.259. The summed E-state index contributed by atoms with van der Waals surface area (Å²) in [6.07, 6.45) is 11.6. The molecule has 2 atom stereocenters. The molecule has 1 fully saturated rings. The van der Waals surface area contributed by atoms with Gasteiger partial charge < -0.3 is 4.74 Å². The van der Waals surface area contributed by atoms with Gasteiger partial charge >= 0.3 is 0 Å². The molecule has 23 heavy (non-hydrogen) atoms. The van der Waals surface area contributed by atoms with Crippen molar-refractivity contribution in [3.05, 3.63) is 29.6 Å². The molecule has 1 aliphatic rings. The second kappa shape index (κ2) is 9.55. The van der Waals surface area contributed by atoms with Crippen LogP contribution in [0, 0.1) is 29.0 Å². The van der Waals surface area contributed by atoms with Crippen molar-refractivity contribution in [2.45, 2.75) is 64.7 Å². The molecule has 1 aromatic carbocycles. The fourth-order valence-electron chi connectivity index (χ4n) is 3.73. The van der Waals surface area contributed by atoms with E-state index in [1.165, 1.54) is 57.4 Å². The van der Waals surface area contributed by atoms with Crippen LogP contribution < -0.4 is 4.74 Å². The second-order valence-electron chi connectivity index (χ2n) is 6.69. The summed E-state index contributed by atoms with van der Waals surface area (Å²) in [5, 5.41) is 8.74. The van der Waals surface area contributed by atoms with E-state index in [4.69, 9.17) is 10.00 Å². The molecule has 0 amide bonds. The largest absolute Gasteiger partial charge is 0.491 e. The van der Waals surface area contributed by atoms with E-state index in [2.05, 4.69) is 6.92 Å². The zero-order chi connectivity index (χ0) is 16.5. The van der Waals surface area contributed by atoms with Crippen molar-refractivity contribution in [1.29, 1.82) is 5.26 Å². The second-order valence-corrected chi connectivity index (χ2v) is 6.69. The fraction of sp³-hybridized carbons (Fsp3) is 0.650. The Labute approximate surface area is 139 Å². The zero-order valence-corrected chi connectivity index (χ0v) is 14.2. The Morgan fingerprint density at radius 2 is 1.87 bits per heavy atom. The predicted octanol–water partition coefficient (Wildman–Crippen LogP) is 5.85. The summed E-state index contributed by atoms with van der Waals surface area (Å²) >= 11 is 0. The summed E-state index contributed by atoms with van der Waals surface area (Å²) in [4.78, 5) is 0. The van der Waals surface area contributed by atoms with E-state index in [-0.39, 0.29) is 5.75 Å². The van der Waals surface area contributed by atoms with E-state index in [9.17, 15) is 4.39 Å². The number of hydrogen-bond acceptors (Lipinski definition) is 2. The van der Waals surface area contributed by atoms with E-state index in [0.717, 1.165) is 18.3 Å². The maximum atomic E-state index is 13.7. The lowest BCUT2D eigenvalue weighted by molar-refractivity contribution is 0.190. The normalized spacial score (nSPS) is 20.9. The van der Waals surface area contributed by atoms with Crippen LogP contribution in [0.1, 0.15) is 70.3 Å². The molecule has 0 spiro atoms. The van der Waals surface area contributed by atoms with Gasteiger partial charge in [0.25, 0.3) is 0 Å². The van der Waals surface area contributed by atoms with Gasteiger partial charge in [-0.1, -0.05) is 51.9 Å². The zero-order valence-electron chi connectivity index (χ0n) is 14.2. The molecule has 0 aromatic heterocycles. The van der Waals surface area contributed by atoms with Gasteiger partial charge in [0, 0.05) is 0 Å². The summed E-state index contributed by atoms with van der Waals surface area (Å²) in [5.74, 6) is 1.53. The SMILES string of the molecule is CCCCC1CCCCC1CCCOc1ccc(C#N)cc1F. The molecular formula is C20H28FNO. The monoisotopic (exact) mass is 317 g/mol. The fourth-order valence-corrected chi connectivity index (χ4v) is 3.73. The van der Waals surface area contributed by atoms with E-state index in [1.807, 2.05) is 6.07 Å². The van der Waals surface area contributed by atoms with Gasteiger partial charge in [0.1, 0.15) is 0 Å². The van der Waals surface area contributed by atoms with Crippen LogP contribution in [0.4, 0.5) is 4.39 Å². The van der Waals surface area contributed by atoms with Crippen LogP contribution >= 0.6 is 0 Å². The Bertz CT molecular complexity index is 523. The van der Waals surface area contributed by atoms with Crippen LogP contribution in [0.2, 0.25) is 0 Å². The minimum Gasteiger partial charge on any atom is -0.491 e. The Morgan fingerprint density at radius 1 is 1.17 bits per heavy atom. The van der Waals surface area contributed by atoms with Crippen LogP contribution in [-0.2, 0) is 0 Å². The van der Waals surface area contributed by atoms with Crippen LogP contribution in [0.3, 0.4) is 0 Å². The van der Waals surface area contributed by atoms with Crippen molar-refractivity contribution >= 4 is 0 Å². The molecule has 0 bridgehead atoms. The molecule has 1 saturated carbocycles. The highest BCUT2D eigenvalue weighted by molar-refractivity contribution is 5.35. The molecule has 0 N–H and O–H groups in total. The topological polar surface area (TPSA) is 33.0 Å². The standard InChI is InChI=1S/C20H28FNO/c1-2-3-7-17-8-4-5-9-18(17)10-6-13-23-20-12-11-16(15-22)14-19(20)21/h11-12,14,17-18H,2-10,13H2,1H3. The molecule has 3 heteroatoms. The first-order valence-corrected chi connectivity index (χ1v) is 9.07. The van der Waals surface area contributed by atoms with Gasteiger partial charge in [0.05, 0.1) is 18.2 Å². The Kier molecular flexibility index (Phi) is 7.39. The molecule has 2 rings (SSSR count). The quantitative estimate of drug-likeness (QED) is 0.563. The smallest absolute Gasteiger partial charge is 0.166 e. The van der Waals surface area contributed by atoms with Gasteiger partial charge in [-0.05, 0) is 42.9 Å². The Morgan fingerprint density at radius 3 is 2.48 bits per heavy atom. The van der Waals surface area contributed by atoms with E-state index in [0.29, 0.717) is 12.2 Å². The van der Waals surface area contributed by atoms with Crippen LogP contribution in [0.15, 0.2) is 18.2 Å². The molecule has 2 unspecified atom stereocenters. The van der Waals surface area contributed by atoms with Gasteiger partial charge in [-0.3, -0.25) is 0 Å². The molecular weight excluding hydrogens is 289 g/mol. The molecule has 0 aliphatic heterocycles. The lowest BCUT2D eigenvalue weighted by Gasteiger charge is -2.31. The Balaban J connectivity index is 1.74. The van der Waals surface area contributed by atoms with Crippen molar-refractivity contribution < 1.29 is 9.13 Å². The number of nitriles is 1. The third-order valence-corrected chi connectivity index (χ3v) is 5.03. The molecule has 0 heterocycles. The lowest BCUT2D eigenvalue weighted by Crippen LogP contribution is -2.20. The summed E-state index contributed by atoms with van der Waals surface area (Å²) < 4.78 is 19.3. The van der Waals surface area contributed by atoms with Gasteiger partial charge in [-0.25, -0.2) is 4.39 Å². The average Bonchev–Trinajstić information content (AvgIpc) is 2.58. The third-order valence-electron chi connectivity index (χ3n) is 5.03. The number of nitrogens with zero attached hydrogens (tertiary/aromatic N) is 1. The third kappa shape index (κ3) is 5.53. The van der Waals surface area contributed by atoms with Crippen LogP contribution in [-0.4, -0.2) is 6.61 Å². The van der Waals surface area contributed by atoms with Gasteiger partial charge in [-0.15, -0.1) is 0 Å². The maximum Gasteiger partial charge on any atom is 0.166 e. The van der Waals surface area contributed by atoms with Gasteiger partial charge in [0.2, 0.25) is 0 Å². The van der Waals surface area contributed by atoms with Crippen molar-refractivity contribution in [2.24, 2.45) is 11.8 Å². The molecule has 0 radical (unpaired) electrons. The minimum atomic E-state index is -0.442. The predicted molar refractivity (Wildman–Crippen MR) is 90.8 cm³/mol. The van der Waals surface area contributed by atoms with Crippen LogP contribution in [0.25, 0.3) is 0 Å². The highest BCUT2D eigenvalue weighted by Gasteiger charge is 2.24. The molecule has 126 valence electrons. The van der Waals surface area contributed by atoms with Crippen LogP contribution in [0.5, 0.6) is 5.75 Å². The van der Waals surface area contributed by atoms with Crippen molar-refractivity contribution in [3.63, 3.8) is 0 Å². The molecule has 1 aliphatic carbocycles. The first-order chi connectivity index (χ1) is 11.2. The van der Waals surface area contributed by atoms with Crippen molar-refractivity contribution in [2.75, 3.05) is 6.61 Å². The summed E-state index contributed by atoms with van der Waals surface area (Å²) in [7, 11) is 0. The Hall–Kier alpha value is -1.56. The highest BCUT2D eigenvalue weighted by Crippen LogP contribution is 2.36. The van der Waals surface area contributed by atoms with Crippen molar-refractivity contribution in [1.82, 2.24) is 0 Å². The number of benzene rings is 1. The van der Waals surface area contributed by atoms with Crippen molar-refractivity contribution in [3.8, 4) is 11.8 Å². The maximum absolute atomic E-state index is 13.7. The number of unbranched alkanes of at least 4 members (excludes halogenated alkanes) is 1. The number of ether oxygens (including phenoxy) is 1. The van der Waals surface area contributed by atoms with E-state index < -0.39 is 5.82 Å². The summed E-state index contributed by atoms with van der Waals surface area (Å²) in [5.41, 5.74) is 0.329. The number of halogens is 1. The van der Waals surface area contributed by atoms with E-state index >= 15 is 0 Å².